The van der Waals surface area contributed by atoms with Gasteiger partial charge in [0.25, 0.3) is 0 Å². The molecule has 58 heavy (non-hydrogen) atoms. The maximum atomic E-state index is 12.6. The molecule has 1 fully saturated rings. The maximum absolute atomic E-state index is 12.6. The third-order valence-electron chi connectivity index (χ3n) is 9.85. The fourth-order valence-electron chi connectivity index (χ4n) is 6.42. The lowest BCUT2D eigenvalue weighted by Crippen LogP contribution is -2.29. The van der Waals surface area contributed by atoms with E-state index in [9.17, 15) is 39.2 Å². The quantitative estimate of drug-likeness (QED) is 0.0176. The number of ketones is 1. The van der Waals surface area contributed by atoms with Crippen LogP contribution in [0.3, 0.4) is 0 Å². The highest BCUT2D eigenvalue weighted by atomic mass is 31.2. The van der Waals surface area contributed by atoms with E-state index in [-0.39, 0.29) is 36.9 Å². The van der Waals surface area contributed by atoms with Crippen molar-refractivity contribution >= 4 is 25.5 Å². The number of hydrogen-bond donors (Lipinski definition) is 5. The van der Waals surface area contributed by atoms with Crippen LogP contribution < -0.4 is 0 Å². The van der Waals surface area contributed by atoms with Crippen LogP contribution in [0.1, 0.15) is 149 Å². The van der Waals surface area contributed by atoms with Crippen LogP contribution >= 0.6 is 7.82 Å². The second-order valence-corrected chi connectivity index (χ2v) is 16.6. The number of Topliss-reactive ketones (excluding diaryl/α,β-unsaturated/α-hetero) is 1. The molecule has 7 atom stereocenters. The normalized spacial score (nSPS) is 20.1. The van der Waals surface area contributed by atoms with Gasteiger partial charge < -0.3 is 34.8 Å². The average molecular weight is 843 g/mol. The van der Waals surface area contributed by atoms with Gasteiger partial charge in [0.05, 0.1) is 32.0 Å². The molecule has 0 amide bonds. The maximum Gasteiger partial charge on any atom is 0.472 e. The van der Waals surface area contributed by atoms with E-state index in [2.05, 4.69) is 54.8 Å². The van der Waals surface area contributed by atoms with Gasteiger partial charge in [-0.25, -0.2) is 4.57 Å². The van der Waals surface area contributed by atoms with Gasteiger partial charge in [-0.2, -0.15) is 0 Å². The molecule has 1 aliphatic carbocycles. The first kappa shape index (κ1) is 53.5. The zero-order valence-corrected chi connectivity index (χ0v) is 36.1. The Morgan fingerprint density at radius 1 is 0.776 bits per heavy atom. The summed E-state index contributed by atoms with van der Waals surface area (Å²) < 4.78 is 32.6. The van der Waals surface area contributed by atoms with Crippen molar-refractivity contribution in [3.05, 3.63) is 48.6 Å². The largest absolute Gasteiger partial charge is 0.472 e. The molecule has 1 unspecified atom stereocenters. The third-order valence-corrected chi connectivity index (χ3v) is 10.8. The number of esters is 2. The number of allylic oxidation sites excluding steroid dienone is 6. The van der Waals surface area contributed by atoms with Crippen molar-refractivity contribution in [3.63, 3.8) is 0 Å². The first-order valence-electron chi connectivity index (χ1n) is 21.7. The molecule has 1 aliphatic rings. The highest BCUT2D eigenvalue weighted by Crippen LogP contribution is 2.43. The van der Waals surface area contributed by atoms with E-state index < -0.39 is 70.6 Å². The summed E-state index contributed by atoms with van der Waals surface area (Å²) in [5.74, 6) is -1.72. The molecule has 1 saturated carbocycles. The number of ether oxygens (including phenoxy) is 2. The van der Waals surface area contributed by atoms with Crippen LogP contribution in [0.2, 0.25) is 0 Å². The molecule has 0 spiro atoms. The van der Waals surface area contributed by atoms with E-state index in [1.165, 1.54) is 19.3 Å². The Kier molecular flexibility index (Phi) is 31.6. The monoisotopic (exact) mass is 842 g/mol. The van der Waals surface area contributed by atoms with E-state index in [0.29, 0.717) is 32.1 Å². The molecule has 13 nitrogen and oxygen atoms in total. The number of phosphoric ester groups is 1. The van der Waals surface area contributed by atoms with Crippen LogP contribution in [-0.2, 0) is 37.5 Å². The topological polar surface area (TPSA) is 206 Å². The number of aliphatic hydroxyl groups excluding tert-OH is 4. The first-order valence-corrected chi connectivity index (χ1v) is 23.2. The Hall–Kier alpha value is -2.48. The predicted octanol–water partition coefficient (Wildman–Crippen LogP) is 7.92. The standard InChI is InChI=1S/C44H75O13P/c1-3-5-7-8-9-10-11-12-13-14-15-16-17-18-24-28-44(51)57-38(35-56-58(52,53)55-33-37(47)32-45)34-54-43(50)27-23-20-19-22-26-39-40(42(49)31-41(39)48)30-29-36(46)25-21-6-4-2/h9-10,12-13,15-16,29-30,36-40,42,45-47,49H,3-8,11,14,17-28,31-35H2,1-2H3,(H,52,53)/b10-9-,13-12-,16-15-,30-29+/t36-,37-,38+,39+,40+,42+/m0/s1. The second kappa shape index (κ2) is 34.3. The summed E-state index contributed by atoms with van der Waals surface area (Å²) in [4.78, 5) is 47.7. The van der Waals surface area contributed by atoms with E-state index in [1.54, 1.807) is 12.2 Å². The summed E-state index contributed by atoms with van der Waals surface area (Å²) in [5, 5.41) is 39.0. The summed E-state index contributed by atoms with van der Waals surface area (Å²) in [6.07, 6.45) is 28.4. The van der Waals surface area contributed by atoms with Crippen molar-refractivity contribution < 1.29 is 62.8 Å². The molecule has 14 heteroatoms. The van der Waals surface area contributed by atoms with Crippen LogP contribution in [0.5, 0.6) is 0 Å². The molecule has 0 aromatic rings. The Bertz CT molecular complexity index is 1270. The molecular weight excluding hydrogens is 767 g/mol. The highest BCUT2D eigenvalue weighted by Gasteiger charge is 2.39. The SMILES string of the molecule is CCCCC/C=C\C/C=C\C/C=C\CCCCC(=O)O[C@H](COC(=O)CCCCCC[C@H]1C(=O)C[C@@H](O)[C@@H]1/C=C/[C@@H](O)CCCCC)COP(=O)(O)OC[C@@H](O)CO. The Labute approximate surface area is 347 Å². The highest BCUT2D eigenvalue weighted by molar-refractivity contribution is 7.47. The van der Waals surface area contributed by atoms with Crippen LogP contribution in [-0.4, -0.2) is 93.9 Å². The number of carbonyl (C=O) groups excluding carboxylic acids is 3. The lowest BCUT2D eigenvalue weighted by molar-refractivity contribution is -0.161. The molecular formula is C44H75O13P. The van der Waals surface area contributed by atoms with Crippen molar-refractivity contribution in [1.29, 1.82) is 0 Å². The van der Waals surface area contributed by atoms with E-state index in [0.717, 1.165) is 64.2 Å². The van der Waals surface area contributed by atoms with Gasteiger partial charge >= 0.3 is 19.8 Å². The summed E-state index contributed by atoms with van der Waals surface area (Å²) in [7, 11) is -4.69. The van der Waals surface area contributed by atoms with Crippen molar-refractivity contribution in [2.75, 3.05) is 26.4 Å². The summed E-state index contributed by atoms with van der Waals surface area (Å²) in [5.41, 5.74) is 0. The molecule has 0 saturated heterocycles. The summed E-state index contributed by atoms with van der Waals surface area (Å²) >= 11 is 0. The Balaban J connectivity index is 2.48. The minimum atomic E-state index is -4.69. The number of hydrogen-bond acceptors (Lipinski definition) is 12. The van der Waals surface area contributed by atoms with Crippen LogP contribution in [0.25, 0.3) is 0 Å². The van der Waals surface area contributed by atoms with Gasteiger partial charge in [-0.15, -0.1) is 0 Å². The molecule has 0 aliphatic heterocycles. The predicted molar refractivity (Wildman–Crippen MR) is 225 cm³/mol. The van der Waals surface area contributed by atoms with Gasteiger partial charge in [0.2, 0.25) is 0 Å². The summed E-state index contributed by atoms with van der Waals surface area (Å²) in [6.45, 7) is 1.92. The van der Waals surface area contributed by atoms with Gasteiger partial charge in [0.1, 0.15) is 18.5 Å². The second-order valence-electron chi connectivity index (χ2n) is 15.1. The number of unbranched alkanes of at least 4 members (excludes halogenated alkanes) is 10. The molecule has 0 radical (unpaired) electrons. The van der Waals surface area contributed by atoms with Crippen LogP contribution in [0.4, 0.5) is 0 Å². The molecule has 0 aromatic carbocycles. The molecule has 0 bridgehead atoms. The lowest BCUT2D eigenvalue weighted by atomic mass is 9.88. The first-order chi connectivity index (χ1) is 27.9. The van der Waals surface area contributed by atoms with Gasteiger partial charge in [0, 0.05) is 31.1 Å². The fourth-order valence-corrected chi connectivity index (χ4v) is 7.21. The molecule has 0 aromatic heterocycles. The number of aliphatic hydroxyl groups is 4. The smallest absolute Gasteiger partial charge is 0.462 e. The minimum absolute atomic E-state index is 0.0282. The van der Waals surface area contributed by atoms with Crippen molar-refractivity contribution in [3.8, 4) is 0 Å². The number of phosphoric acid groups is 1. The molecule has 5 N–H and O–H groups in total. The van der Waals surface area contributed by atoms with Crippen LogP contribution in [0, 0.1) is 11.8 Å². The Morgan fingerprint density at radius 3 is 2.03 bits per heavy atom. The van der Waals surface area contributed by atoms with Gasteiger partial charge in [-0.1, -0.05) is 114 Å². The van der Waals surface area contributed by atoms with Crippen molar-refractivity contribution in [2.24, 2.45) is 11.8 Å². The average Bonchev–Trinajstić information content (AvgIpc) is 3.47. The zero-order chi connectivity index (χ0) is 42.9. The fraction of sp³-hybridized carbons (Fsp3) is 0.750. The molecule has 334 valence electrons. The van der Waals surface area contributed by atoms with Crippen molar-refractivity contribution in [1.82, 2.24) is 0 Å². The van der Waals surface area contributed by atoms with Gasteiger partial charge in [-0.3, -0.25) is 23.4 Å². The number of carbonyl (C=O) groups is 3. The lowest BCUT2D eigenvalue weighted by Gasteiger charge is -2.20. The van der Waals surface area contributed by atoms with Crippen LogP contribution in [0.15, 0.2) is 48.6 Å². The number of rotatable bonds is 36. The third kappa shape index (κ3) is 28.1. The summed E-state index contributed by atoms with van der Waals surface area (Å²) in [6, 6.07) is 0. The van der Waals surface area contributed by atoms with E-state index >= 15 is 0 Å². The van der Waals surface area contributed by atoms with E-state index in [1.807, 2.05) is 0 Å². The Morgan fingerprint density at radius 2 is 1.36 bits per heavy atom. The zero-order valence-electron chi connectivity index (χ0n) is 35.2. The van der Waals surface area contributed by atoms with Crippen molar-refractivity contribution in [2.45, 2.75) is 173 Å². The van der Waals surface area contributed by atoms with Gasteiger partial charge in [0.15, 0.2) is 6.10 Å². The minimum Gasteiger partial charge on any atom is -0.462 e. The molecule has 1 rings (SSSR count). The van der Waals surface area contributed by atoms with E-state index in [4.69, 9.17) is 19.1 Å². The van der Waals surface area contributed by atoms with Gasteiger partial charge in [-0.05, 0) is 64.2 Å². The molecule has 0 heterocycles.